The van der Waals surface area contributed by atoms with Crippen LogP contribution in [0.2, 0.25) is 10.0 Å². The van der Waals surface area contributed by atoms with Gasteiger partial charge in [0.1, 0.15) is 11.4 Å². The quantitative estimate of drug-likeness (QED) is 0.442. The highest BCUT2D eigenvalue weighted by molar-refractivity contribution is 7.16. The molecule has 1 amide bonds. The summed E-state index contributed by atoms with van der Waals surface area (Å²) in [7, 11) is 0. The fourth-order valence-electron chi connectivity index (χ4n) is 2.95. The molecule has 0 radical (unpaired) electrons. The van der Waals surface area contributed by atoms with Crippen LogP contribution in [0.3, 0.4) is 0 Å². The smallest absolute Gasteiger partial charge is 0.262 e. The van der Waals surface area contributed by atoms with E-state index in [0.29, 0.717) is 25.8 Å². The van der Waals surface area contributed by atoms with Crippen molar-refractivity contribution in [3.8, 4) is 0 Å². The van der Waals surface area contributed by atoms with Crippen LogP contribution >= 0.6 is 34.5 Å². The second kappa shape index (κ2) is 8.39. The molecule has 0 spiro atoms. The normalized spacial score (nSPS) is 10.9. The van der Waals surface area contributed by atoms with E-state index in [9.17, 15) is 14.4 Å². The molecule has 0 fully saturated rings. The molecule has 2 aromatic carbocycles. The van der Waals surface area contributed by atoms with Crippen molar-refractivity contribution in [1.29, 1.82) is 0 Å². The summed E-state index contributed by atoms with van der Waals surface area (Å²) in [4.78, 5) is 42.9. The van der Waals surface area contributed by atoms with Crippen molar-refractivity contribution in [2.45, 2.75) is 6.54 Å². The number of hydrogen-bond acceptors (Lipinski definition) is 5. The van der Waals surface area contributed by atoms with Gasteiger partial charge in [0.2, 0.25) is 5.91 Å². The van der Waals surface area contributed by atoms with E-state index in [1.165, 1.54) is 34.4 Å². The SMILES string of the molecule is O=C(Cn1cnc2sccc2c1=O)Nc1ccc(Cl)cc1C(=O)c1ccccc1Cl. The van der Waals surface area contributed by atoms with Gasteiger partial charge in [-0.15, -0.1) is 11.3 Å². The first-order valence-electron chi connectivity index (χ1n) is 8.75. The van der Waals surface area contributed by atoms with Crippen LogP contribution in [-0.2, 0) is 11.3 Å². The Kier molecular flexibility index (Phi) is 5.67. The summed E-state index contributed by atoms with van der Waals surface area (Å²) < 4.78 is 1.22. The summed E-state index contributed by atoms with van der Waals surface area (Å²) >= 11 is 13.6. The number of carbonyl (C=O) groups excluding carboxylic acids is 2. The Hall–Kier alpha value is -3.00. The lowest BCUT2D eigenvalue weighted by Crippen LogP contribution is -2.28. The lowest BCUT2D eigenvalue weighted by molar-refractivity contribution is -0.116. The molecule has 0 aliphatic carbocycles. The molecule has 0 unspecified atom stereocenters. The van der Waals surface area contributed by atoms with Crippen molar-refractivity contribution < 1.29 is 9.59 Å². The lowest BCUT2D eigenvalue weighted by Gasteiger charge is -2.12. The Bertz CT molecular complexity index is 1350. The van der Waals surface area contributed by atoms with Gasteiger partial charge in [0.25, 0.3) is 5.56 Å². The molecule has 0 aliphatic rings. The third-order valence-corrected chi connectivity index (χ3v) is 5.77. The van der Waals surface area contributed by atoms with Gasteiger partial charge in [-0.3, -0.25) is 19.0 Å². The third-order valence-electron chi connectivity index (χ3n) is 4.38. The molecule has 0 atom stereocenters. The van der Waals surface area contributed by atoms with Gasteiger partial charge in [-0.1, -0.05) is 35.3 Å². The Morgan fingerprint density at radius 3 is 2.67 bits per heavy atom. The molecule has 30 heavy (non-hydrogen) atoms. The summed E-state index contributed by atoms with van der Waals surface area (Å²) in [6.45, 7) is -0.250. The zero-order valence-corrected chi connectivity index (χ0v) is 17.6. The number of hydrogen-bond donors (Lipinski definition) is 1. The van der Waals surface area contributed by atoms with Crippen LogP contribution in [0.5, 0.6) is 0 Å². The number of anilines is 1. The Morgan fingerprint density at radius 1 is 1.07 bits per heavy atom. The molecule has 9 heteroatoms. The van der Waals surface area contributed by atoms with Crippen LogP contribution in [0.4, 0.5) is 5.69 Å². The predicted molar refractivity (Wildman–Crippen MR) is 119 cm³/mol. The van der Waals surface area contributed by atoms with Gasteiger partial charge in [0, 0.05) is 16.1 Å². The highest BCUT2D eigenvalue weighted by Gasteiger charge is 2.18. The standard InChI is InChI=1S/C21H13Cl2N3O3S/c22-12-5-6-17(15(9-12)19(28)13-3-1-2-4-16(13)23)25-18(27)10-26-11-24-20-14(21(26)29)7-8-30-20/h1-9,11H,10H2,(H,25,27). The number of amides is 1. The maximum atomic E-state index is 13.0. The number of nitrogens with zero attached hydrogens (tertiary/aromatic N) is 2. The number of halogens is 2. The number of benzene rings is 2. The van der Waals surface area contributed by atoms with Gasteiger partial charge in [-0.25, -0.2) is 4.98 Å². The molecule has 1 N–H and O–H groups in total. The lowest BCUT2D eigenvalue weighted by atomic mass is 10.0. The molecule has 2 heterocycles. The average molecular weight is 458 g/mol. The van der Waals surface area contributed by atoms with E-state index in [1.807, 2.05) is 0 Å². The predicted octanol–water partition coefficient (Wildman–Crippen LogP) is 4.63. The molecule has 0 bridgehead atoms. The van der Waals surface area contributed by atoms with Crippen molar-refractivity contribution in [2.75, 3.05) is 5.32 Å². The van der Waals surface area contributed by atoms with Crippen molar-refractivity contribution in [3.05, 3.63) is 91.8 Å². The summed E-state index contributed by atoms with van der Waals surface area (Å²) in [6, 6.07) is 12.9. The highest BCUT2D eigenvalue weighted by Crippen LogP contribution is 2.26. The minimum atomic E-state index is -0.482. The fourth-order valence-corrected chi connectivity index (χ4v) is 4.07. The first kappa shape index (κ1) is 20.3. The Labute approximate surface area is 184 Å². The summed E-state index contributed by atoms with van der Waals surface area (Å²) in [5, 5.41) is 5.53. The van der Waals surface area contributed by atoms with Gasteiger partial charge in [-0.2, -0.15) is 0 Å². The van der Waals surface area contributed by atoms with E-state index in [4.69, 9.17) is 23.2 Å². The van der Waals surface area contributed by atoms with Gasteiger partial charge in [-0.05, 0) is 41.8 Å². The average Bonchev–Trinajstić information content (AvgIpc) is 3.21. The molecule has 2 aromatic heterocycles. The van der Waals surface area contributed by atoms with Crippen LogP contribution in [0.15, 0.2) is 65.0 Å². The number of thiophene rings is 1. The third kappa shape index (κ3) is 4.00. The van der Waals surface area contributed by atoms with E-state index in [-0.39, 0.29) is 29.1 Å². The topological polar surface area (TPSA) is 81.1 Å². The molecule has 4 rings (SSSR count). The number of fused-ring (bicyclic) bond motifs is 1. The molecule has 0 saturated heterocycles. The van der Waals surface area contributed by atoms with Crippen molar-refractivity contribution in [1.82, 2.24) is 9.55 Å². The largest absolute Gasteiger partial charge is 0.324 e. The summed E-state index contributed by atoms with van der Waals surface area (Å²) in [6.07, 6.45) is 1.33. The highest BCUT2D eigenvalue weighted by atomic mass is 35.5. The van der Waals surface area contributed by atoms with Gasteiger partial charge >= 0.3 is 0 Å². The molecule has 0 saturated carbocycles. The zero-order valence-electron chi connectivity index (χ0n) is 15.3. The van der Waals surface area contributed by atoms with Crippen LogP contribution in [0.1, 0.15) is 15.9 Å². The second-order valence-corrected chi connectivity index (χ2v) is 8.10. The Balaban J connectivity index is 1.62. The minimum Gasteiger partial charge on any atom is -0.324 e. The first-order chi connectivity index (χ1) is 14.4. The molecule has 0 aliphatic heterocycles. The number of ketones is 1. The van der Waals surface area contributed by atoms with Crippen molar-refractivity contribution in [2.24, 2.45) is 0 Å². The number of nitrogens with one attached hydrogen (secondary N) is 1. The Morgan fingerprint density at radius 2 is 1.87 bits per heavy atom. The maximum Gasteiger partial charge on any atom is 0.262 e. The van der Waals surface area contributed by atoms with Gasteiger partial charge in [0.05, 0.1) is 22.4 Å². The number of carbonyl (C=O) groups is 2. The van der Waals surface area contributed by atoms with Crippen molar-refractivity contribution >= 4 is 62.1 Å². The molecular weight excluding hydrogens is 445 g/mol. The number of rotatable bonds is 5. The van der Waals surface area contributed by atoms with Crippen LogP contribution in [0.25, 0.3) is 10.2 Å². The van der Waals surface area contributed by atoms with E-state index in [1.54, 1.807) is 41.8 Å². The fraction of sp³-hybridized carbons (Fsp3) is 0.0476. The molecule has 4 aromatic rings. The van der Waals surface area contributed by atoms with E-state index < -0.39 is 5.91 Å². The maximum absolute atomic E-state index is 13.0. The van der Waals surface area contributed by atoms with Crippen LogP contribution in [-0.4, -0.2) is 21.2 Å². The zero-order chi connectivity index (χ0) is 21.3. The van der Waals surface area contributed by atoms with E-state index in [2.05, 4.69) is 10.3 Å². The summed E-state index contributed by atoms with van der Waals surface area (Å²) in [5.74, 6) is -0.860. The van der Waals surface area contributed by atoms with Gasteiger partial charge < -0.3 is 5.32 Å². The first-order valence-corrected chi connectivity index (χ1v) is 10.4. The molecular formula is C21H13Cl2N3O3S. The van der Waals surface area contributed by atoms with Crippen LogP contribution < -0.4 is 10.9 Å². The van der Waals surface area contributed by atoms with Crippen molar-refractivity contribution in [3.63, 3.8) is 0 Å². The summed E-state index contributed by atoms with van der Waals surface area (Å²) in [5.41, 5.74) is 0.454. The van der Waals surface area contributed by atoms with Gasteiger partial charge in [0.15, 0.2) is 5.78 Å². The second-order valence-electron chi connectivity index (χ2n) is 6.36. The van der Waals surface area contributed by atoms with Crippen LogP contribution in [0, 0.1) is 0 Å². The minimum absolute atomic E-state index is 0.197. The number of aromatic nitrogens is 2. The van der Waals surface area contributed by atoms with E-state index >= 15 is 0 Å². The monoisotopic (exact) mass is 457 g/mol. The van der Waals surface area contributed by atoms with E-state index in [0.717, 1.165) is 0 Å². The molecule has 150 valence electrons. The molecule has 6 nitrogen and oxygen atoms in total.